The largest absolute Gasteiger partial charge is 0.370 e. The maximum Gasteiger partial charge on any atom is 0.150 e. The number of nitrogens with zero attached hydrogens (tertiary/aromatic N) is 2. The zero-order valence-electron chi connectivity index (χ0n) is 9.89. The summed E-state index contributed by atoms with van der Waals surface area (Å²) < 4.78 is 22.5. The van der Waals surface area contributed by atoms with Crippen LogP contribution in [0.25, 0.3) is 0 Å². The van der Waals surface area contributed by atoms with Crippen molar-refractivity contribution in [3.63, 3.8) is 0 Å². The number of hydrogen-bond acceptors (Lipinski definition) is 5. The van der Waals surface area contributed by atoms with Gasteiger partial charge in [0, 0.05) is 18.3 Å². The quantitative estimate of drug-likeness (QED) is 0.873. The molecular weight excluding hydrogens is 238 g/mol. The van der Waals surface area contributed by atoms with E-state index in [-0.39, 0.29) is 0 Å². The highest BCUT2D eigenvalue weighted by Gasteiger charge is 2.23. The van der Waals surface area contributed by atoms with Crippen molar-refractivity contribution in [3.8, 4) is 0 Å². The summed E-state index contributed by atoms with van der Waals surface area (Å²) >= 11 is 0. The molecule has 1 aliphatic heterocycles. The standard InChI is InChI=1S/C11H17N3O2S/c1-9-6-11(14-8-13-9)12-7-10-2-4-17(15,16)5-3-10/h6,8,10H,2-5,7H2,1H3,(H,12,13,14). The van der Waals surface area contributed by atoms with Gasteiger partial charge in [-0.15, -0.1) is 0 Å². The zero-order chi connectivity index (χ0) is 12.3. The van der Waals surface area contributed by atoms with Crippen molar-refractivity contribution >= 4 is 15.7 Å². The molecule has 0 radical (unpaired) electrons. The number of aromatic nitrogens is 2. The molecule has 0 bridgehead atoms. The highest BCUT2D eigenvalue weighted by molar-refractivity contribution is 7.91. The van der Waals surface area contributed by atoms with Gasteiger partial charge in [0.05, 0.1) is 11.5 Å². The third kappa shape index (κ3) is 3.66. The number of hydrogen-bond donors (Lipinski definition) is 1. The maximum atomic E-state index is 11.3. The van der Waals surface area contributed by atoms with Gasteiger partial charge in [-0.1, -0.05) is 0 Å². The molecule has 1 saturated heterocycles. The number of sulfone groups is 1. The lowest BCUT2D eigenvalue weighted by Crippen LogP contribution is -2.27. The van der Waals surface area contributed by atoms with Crippen LogP contribution in [0.2, 0.25) is 0 Å². The van der Waals surface area contributed by atoms with Crippen molar-refractivity contribution in [2.75, 3.05) is 23.4 Å². The van der Waals surface area contributed by atoms with Crippen LogP contribution >= 0.6 is 0 Å². The van der Waals surface area contributed by atoms with E-state index in [1.54, 1.807) is 0 Å². The van der Waals surface area contributed by atoms with Gasteiger partial charge in [0.1, 0.15) is 22.0 Å². The summed E-state index contributed by atoms with van der Waals surface area (Å²) in [7, 11) is -2.76. The van der Waals surface area contributed by atoms with E-state index in [9.17, 15) is 8.42 Å². The number of anilines is 1. The minimum atomic E-state index is -2.76. The van der Waals surface area contributed by atoms with Crippen molar-refractivity contribution in [2.24, 2.45) is 5.92 Å². The Bertz CT molecular complexity index is 473. The van der Waals surface area contributed by atoms with Crippen molar-refractivity contribution < 1.29 is 8.42 Å². The first-order chi connectivity index (χ1) is 8.05. The van der Waals surface area contributed by atoms with Crippen LogP contribution in [0.3, 0.4) is 0 Å². The number of aryl methyl sites for hydroxylation is 1. The van der Waals surface area contributed by atoms with Crippen molar-refractivity contribution in [2.45, 2.75) is 19.8 Å². The van der Waals surface area contributed by atoms with Crippen LogP contribution < -0.4 is 5.32 Å². The Morgan fingerprint density at radius 2 is 2.06 bits per heavy atom. The molecule has 6 heteroatoms. The first kappa shape index (κ1) is 12.3. The highest BCUT2D eigenvalue weighted by Crippen LogP contribution is 2.19. The van der Waals surface area contributed by atoms with E-state index >= 15 is 0 Å². The summed E-state index contributed by atoms with van der Waals surface area (Å²) in [6.45, 7) is 2.70. The van der Waals surface area contributed by atoms with Crippen LogP contribution in [0.4, 0.5) is 5.82 Å². The smallest absolute Gasteiger partial charge is 0.150 e. The average Bonchev–Trinajstić information content (AvgIpc) is 2.28. The van der Waals surface area contributed by atoms with E-state index in [1.165, 1.54) is 6.33 Å². The first-order valence-electron chi connectivity index (χ1n) is 5.78. The molecular formula is C11H17N3O2S. The van der Waals surface area contributed by atoms with Crippen LogP contribution in [0.1, 0.15) is 18.5 Å². The molecule has 5 nitrogen and oxygen atoms in total. The molecule has 94 valence electrons. The van der Waals surface area contributed by atoms with E-state index in [2.05, 4.69) is 15.3 Å². The van der Waals surface area contributed by atoms with Crippen LogP contribution in [0.5, 0.6) is 0 Å². The van der Waals surface area contributed by atoms with E-state index in [0.717, 1.165) is 30.9 Å². The van der Waals surface area contributed by atoms with Crippen LogP contribution in [0.15, 0.2) is 12.4 Å². The molecule has 17 heavy (non-hydrogen) atoms. The Kier molecular flexibility index (Phi) is 3.61. The number of rotatable bonds is 3. The van der Waals surface area contributed by atoms with Gasteiger partial charge in [0.2, 0.25) is 0 Å². The molecule has 1 aromatic heterocycles. The normalized spacial score (nSPS) is 20.1. The zero-order valence-corrected chi connectivity index (χ0v) is 10.7. The van der Waals surface area contributed by atoms with E-state index in [4.69, 9.17) is 0 Å². The van der Waals surface area contributed by atoms with Gasteiger partial charge in [0.25, 0.3) is 0 Å². The van der Waals surface area contributed by atoms with Gasteiger partial charge in [-0.25, -0.2) is 18.4 Å². The van der Waals surface area contributed by atoms with Gasteiger partial charge >= 0.3 is 0 Å². The molecule has 2 heterocycles. The fourth-order valence-electron chi connectivity index (χ4n) is 1.94. The van der Waals surface area contributed by atoms with E-state index in [0.29, 0.717) is 17.4 Å². The molecule has 1 aliphatic rings. The Morgan fingerprint density at radius 1 is 1.35 bits per heavy atom. The average molecular weight is 255 g/mol. The maximum absolute atomic E-state index is 11.3. The topological polar surface area (TPSA) is 72.0 Å². The van der Waals surface area contributed by atoms with Crippen molar-refractivity contribution in [1.82, 2.24) is 9.97 Å². The summed E-state index contributed by atoms with van der Waals surface area (Å²) in [5, 5.41) is 3.24. The third-order valence-electron chi connectivity index (χ3n) is 3.05. The summed E-state index contributed by atoms with van der Waals surface area (Å²) in [5.74, 6) is 1.88. The predicted octanol–water partition coefficient (Wildman–Crippen LogP) is 1.02. The summed E-state index contributed by atoms with van der Waals surface area (Å²) in [6.07, 6.45) is 3.03. The lowest BCUT2D eigenvalue weighted by Gasteiger charge is -2.22. The van der Waals surface area contributed by atoms with Gasteiger partial charge in [0.15, 0.2) is 0 Å². The second kappa shape index (κ2) is 5.00. The van der Waals surface area contributed by atoms with Gasteiger partial charge in [-0.3, -0.25) is 0 Å². The highest BCUT2D eigenvalue weighted by atomic mass is 32.2. The summed E-state index contributed by atoms with van der Waals surface area (Å²) in [5.41, 5.74) is 0.925. The lowest BCUT2D eigenvalue weighted by molar-refractivity contribution is 0.484. The molecule has 0 saturated carbocycles. The second-order valence-corrected chi connectivity index (χ2v) is 6.82. The minimum Gasteiger partial charge on any atom is -0.370 e. The van der Waals surface area contributed by atoms with Gasteiger partial charge < -0.3 is 5.32 Å². The number of nitrogens with one attached hydrogen (secondary N) is 1. The fourth-order valence-corrected chi connectivity index (χ4v) is 3.53. The van der Waals surface area contributed by atoms with Crippen LogP contribution in [-0.2, 0) is 9.84 Å². The Morgan fingerprint density at radius 3 is 2.71 bits per heavy atom. The fraction of sp³-hybridized carbons (Fsp3) is 0.636. The van der Waals surface area contributed by atoms with Gasteiger partial charge in [-0.2, -0.15) is 0 Å². The van der Waals surface area contributed by atoms with Crippen molar-refractivity contribution in [1.29, 1.82) is 0 Å². The monoisotopic (exact) mass is 255 g/mol. The van der Waals surface area contributed by atoms with E-state index in [1.807, 2.05) is 13.0 Å². The summed E-state index contributed by atoms with van der Waals surface area (Å²) in [6, 6.07) is 1.89. The summed E-state index contributed by atoms with van der Waals surface area (Å²) in [4.78, 5) is 8.14. The molecule has 0 aromatic carbocycles. The Labute approximate surface area is 102 Å². The molecule has 0 amide bonds. The molecule has 1 aromatic rings. The van der Waals surface area contributed by atoms with Gasteiger partial charge in [-0.05, 0) is 25.7 Å². The molecule has 1 fully saturated rings. The Hall–Kier alpha value is -1.17. The second-order valence-electron chi connectivity index (χ2n) is 4.52. The Balaban J connectivity index is 1.84. The van der Waals surface area contributed by atoms with Crippen LogP contribution in [0, 0.1) is 12.8 Å². The van der Waals surface area contributed by atoms with E-state index < -0.39 is 9.84 Å². The molecule has 2 rings (SSSR count). The lowest BCUT2D eigenvalue weighted by atomic mass is 10.0. The molecule has 0 unspecified atom stereocenters. The molecule has 0 spiro atoms. The van der Waals surface area contributed by atoms with Crippen LogP contribution in [-0.4, -0.2) is 36.4 Å². The van der Waals surface area contributed by atoms with Crippen molar-refractivity contribution in [3.05, 3.63) is 18.1 Å². The first-order valence-corrected chi connectivity index (χ1v) is 7.60. The molecule has 0 aliphatic carbocycles. The minimum absolute atomic E-state index is 0.322. The third-order valence-corrected chi connectivity index (χ3v) is 4.77. The molecule has 0 atom stereocenters. The molecule has 1 N–H and O–H groups in total. The predicted molar refractivity (Wildman–Crippen MR) is 66.6 cm³/mol. The SMILES string of the molecule is Cc1cc(NCC2CCS(=O)(=O)CC2)ncn1.